The highest BCUT2D eigenvalue weighted by atomic mass is 19.1. The Morgan fingerprint density at radius 3 is 2.52 bits per heavy atom. The van der Waals surface area contributed by atoms with Crippen molar-refractivity contribution in [2.45, 2.75) is 25.9 Å². The van der Waals surface area contributed by atoms with Crippen molar-refractivity contribution in [1.29, 1.82) is 0 Å². The van der Waals surface area contributed by atoms with E-state index in [1.807, 2.05) is 24.3 Å². The summed E-state index contributed by atoms with van der Waals surface area (Å²) in [5, 5.41) is 6.58. The van der Waals surface area contributed by atoms with E-state index in [1.54, 1.807) is 30.3 Å². The third-order valence-electron chi connectivity index (χ3n) is 5.85. The number of likely N-dealkylation sites (N-methyl/N-ethyl adjacent to an activating group) is 1. The van der Waals surface area contributed by atoms with Gasteiger partial charge >= 0.3 is 0 Å². The Labute approximate surface area is 194 Å². The van der Waals surface area contributed by atoms with E-state index in [9.17, 15) is 9.18 Å². The van der Waals surface area contributed by atoms with Gasteiger partial charge in [-0.3, -0.25) is 9.69 Å². The average Bonchev–Trinajstić information content (AvgIpc) is 2.82. The summed E-state index contributed by atoms with van der Waals surface area (Å²) in [4.78, 5) is 21.3. The van der Waals surface area contributed by atoms with Crippen molar-refractivity contribution >= 4 is 23.1 Å². The molecule has 4 rings (SSSR count). The van der Waals surface area contributed by atoms with Crippen LogP contribution in [-0.4, -0.2) is 48.5 Å². The molecule has 172 valence electrons. The number of amides is 1. The molecule has 1 amide bonds. The van der Waals surface area contributed by atoms with Crippen LogP contribution in [-0.2, 0) is 17.8 Å². The van der Waals surface area contributed by atoms with Crippen LogP contribution < -0.4 is 15.5 Å². The van der Waals surface area contributed by atoms with Crippen LogP contribution in [0.25, 0.3) is 0 Å². The molecule has 2 N–H and O–H groups in total. The van der Waals surface area contributed by atoms with Crippen molar-refractivity contribution in [2.75, 3.05) is 36.9 Å². The van der Waals surface area contributed by atoms with Gasteiger partial charge < -0.3 is 15.5 Å². The first-order valence-electron chi connectivity index (χ1n) is 11.2. The largest absolute Gasteiger partial charge is 0.340 e. The van der Waals surface area contributed by atoms with E-state index in [4.69, 9.17) is 0 Å². The number of nitrogens with zero attached hydrogens (tertiary/aromatic N) is 3. The van der Waals surface area contributed by atoms with Gasteiger partial charge in [0.1, 0.15) is 11.6 Å². The predicted octanol–water partition coefficient (Wildman–Crippen LogP) is 3.96. The molecule has 1 aromatic heterocycles. The highest BCUT2D eigenvalue weighted by Gasteiger charge is 2.16. The second-order valence-electron chi connectivity index (χ2n) is 8.57. The zero-order valence-corrected chi connectivity index (χ0v) is 19.1. The van der Waals surface area contributed by atoms with Crippen molar-refractivity contribution in [3.05, 3.63) is 83.8 Å². The van der Waals surface area contributed by atoms with Gasteiger partial charge in [0.25, 0.3) is 0 Å². The summed E-state index contributed by atoms with van der Waals surface area (Å²) >= 11 is 0. The molecule has 6 nitrogen and oxygen atoms in total. The van der Waals surface area contributed by atoms with Gasteiger partial charge in [-0.05, 0) is 60.5 Å². The number of halogens is 1. The molecule has 1 aliphatic rings. The first-order chi connectivity index (χ1) is 16.0. The lowest BCUT2D eigenvalue weighted by atomic mass is 10.1. The molecule has 0 saturated carbocycles. The standard InChI is InChI=1S/C26H30FN5O/c1-19-17-32(14-13-28-19)18-20-3-10-24(11-4-20)31(2)26(33)15-21-5-12-25(29-16-21)30-23-8-6-22(27)7-9-23/h3-12,16,19,28H,13-15,17-18H2,1-2H3,(H,29,30)/t19-/m0/s1. The Morgan fingerprint density at radius 1 is 1.12 bits per heavy atom. The third-order valence-corrected chi connectivity index (χ3v) is 5.85. The van der Waals surface area contributed by atoms with Crippen molar-refractivity contribution in [3.8, 4) is 0 Å². The molecule has 0 bridgehead atoms. The number of hydrogen-bond acceptors (Lipinski definition) is 5. The maximum Gasteiger partial charge on any atom is 0.231 e. The molecule has 2 aromatic carbocycles. The number of pyridine rings is 1. The fraction of sp³-hybridized carbons (Fsp3) is 0.308. The molecule has 2 heterocycles. The summed E-state index contributed by atoms with van der Waals surface area (Å²) in [6.45, 7) is 6.26. The van der Waals surface area contributed by atoms with Crippen LogP contribution in [0.1, 0.15) is 18.1 Å². The Kier molecular flexibility index (Phi) is 7.32. The summed E-state index contributed by atoms with van der Waals surface area (Å²) in [7, 11) is 1.80. The van der Waals surface area contributed by atoms with Crippen LogP contribution in [0, 0.1) is 5.82 Å². The molecule has 1 aliphatic heterocycles. The first kappa shape index (κ1) is 22.9. The minimum atomic E-state index is -0.282. The molecule has 0 unspecified atom stereocenters. The van der Waals surface area contributed by atoms with Crippen molar-refractivity contribution in [1.82, 2.24) is 15.2 Å². The molecule has 33 heavy (non-hydrogen) atoms. The summed E-state index contributed by atoms with van der Waals surface area (Å²) in [6, 6.07) is 18.5. The minimum absolute atomic E-state index is 0.000256. The van der Waals surface area contributed by atoms with Crippen LogP contribution in [0.5, 0.6) is 0 Å². The molecule has 0 radical (unpaired) electrons. The lowest BCUT2D eigenvalue weighted by Gasteiger charge is -2.31. The quantitative estimate of drug-likeness (QED) is 0.574. The molecule has 7 heteroatoms. The molecule has 1 saturated heterocycles. The molecule has 0 aliphatic carbocycles. The van der Waals surface area contributed by atoms with Crippen LogP contribution in [0.2, 0.25) is 0 Å². The summed E-state index contributed by atoms with van der Waals surface area (Å²) in [5.41, 5.74) is 3.71. The van der Waals surface area contributed by atoms with E-state index in [0.717, 1.165) is 43.1 Å². The number of rotatable bonds is 7. The fourth-order valence-electron chi connectivity index (χ4n) is 3.96. The SMILES string of the molecule is C[C@H]1CN(Cc2ccc(N(C)C(=O)Cc3ccc(Nc4ccc(F)cc4)nc3)cc2)CCN1. The van der Waals surface area contributed by atoms with Crippen molar-refractivity contribution < 1.29 is 9.18 Å². The zero-order chi connectivity index (χ0) is 23.2. The Bertz CT molecular complexity index is 1050. The Morgan fingerprint density at radius 2 is 1.85 bits per heavy atom. The fourth-order valence-corrected chi connectivity index (χ4v) is 3.96. The van der Waals surface area contributed by atoms with E-state index in [-0.39, 0.29) is 18.1 Å². The average molecular weight is 448 g/mol. The Hall–Kier alpha value is -3.29. The third kappa shape index (κ3) is 6.37. The minimum Gasteiger partial charge on any atom is -0.340 e. The summed E-state index contributed by atoms with van der Waals surface area (Å²) in [5.74, 6) is 0.357. The van der Waals surface area contributed by atoms with Crippen LogP contribution in [0.15, 0.2) is 66.9 Å². The number of hydrogen-bond donors (Lipinski definition) is 2. The number of benzene rings is 2. The highest BCUT2D eigenvalue weighted by Crippen LogP contribution is 2.18. The molecule has 3 aromatic rings. The monoisotopic (exact) mass is 447 g/mol. The van der Waals surface area contributed by atoms with Gasteiger partial charge in [-0.2, -0.15) is 0 Å². The molecule has 0 spiro atoms. The summed E-state index contributed by atoms with van der Waals surface area (Å²) < 4.78 is 13.0. The second-order valence-corrected chi connectivity index (χ2v) is 8.57. The van der Waals surface area contributed by atoms with Gasteiger partial charge in [-0.1, -0.05) is 18.2 Å². The van der Waals surface area contributed by atoms with E-state index in [1.165, 1.54) is 17.7 Å². The normalized spacial score (nSPS) is 16.4. The Balaban J connectivity index is 1.31. The lowest BCUT2D eigenvalue weighted by Crippen LogP contribution is -2.48. The summed E-state index contributed by atoms with van der Waals surface area (Å²) in [6.07, 6.45) is 1.95. The van der Waals surface area contributed by atoms with Crippen molar-refractivity contribution in [2.24, 2.45) is 0 Å². The van der Waals surface area contributed by atoms with E-state index in [2.05, 4.69) is 39.6 Å². The van der Waals surface area contributed by atoms with Gasteiger partial charge in [0, 0.05) is 56.8 Å². The number of nitrogens with one attached hydrogen (secondary N) is 2. The number of aromatic nitrogens is 1. The second kappa shape index (κ2) is 10.6. The van der Waals surface area contributed by atoms with Gasteiger partial charge in [0.15, 0.2) is 0 Å². The molecule has 1 fully saturated rings. The van der Waals surface area contributed by atoms with Crippen molar-refractivity contribution in [3.63, 3.8) is 0 Å². The molecular weight excluding hydrogens is 417 g/mol. The van der Waals surface area contributed by atoms with Crippen LogP contribution in [0.4, 0.5) is 21.6 Å². The smallest absolute Gasteiger partial charge is 0.231 e. The van der Waals surface area contributed by atoms with E-state index >= 15 is 0 Å². The van der Waals surface area contributed by atoms with E-state index in [0.29, 0.717) is 11.9 Å². The van der Waals surface area contributed by atoms with Gasteiger partial charge in [-0.15, -0.1) is 0 Å². The molecule has 1 atom stereocenters. The maximum absolute atomic E-state index is 13.0. The number of piperazine rings is 1. The maximum atomic E-state index is 13.0. The van der Waals surface area contributed by atoms with Gasteiger partial charge in [0.2, 0.25) is 5.91 Å². The number of anilines is 3. The van der Waals surface area contributed by atoms with Gasteiger partial charge in [0.05, 0.1) is 6.42 Å². The zero-order valence-electron chi connectivity index (χ0n) is 19.1. The highest BCUT2D eigenvalue weighted by molar-refractivity contribution is 5.94. The van der Waals surface area contributed by atoms with E-state index < -0.39 is 0 Å². The van der Waals surface area contributed by atoms with Gasteiger partial charge in [-0.25, -0.2) is 9.37 Å². The van der Waals surface area contributed by atoms with Crippen LogP contribution in [0.3, 0.4) is 0 Å². The molecular formula is C26H30FN5O. The van der Waals surface area contributed by atoms with Crippen LogP contribution >= 0.6 is 0 Å². The lowest BCUT2D eigenvalue weighted by molar-refractivity contribution is -0.117. The topological polar surface area (TPSA) is 60.5 Å². The number of carbonyl (C=O) groups excluding carboxylic acids is 1. The first-order valence-corrected chi connectivity index (χ1v) is 11.2. The predicted molar refractivity (Wildman–Crippen MR) is 130 cm³/mol. The number of carbonyl (C=O) groups is 1.